The van der Waals surface area contributed by atoms with E-state index in [0.29, 0.717) is 18.0 Å². The third kappa shape index (κ3) is 5.87. The fourth-order valence-electron chi connectivity index (χ4n) is 3.39. The van der Waals surface area contributed by atoms with Gasteiger partial charge in [0.2, 0.25) is 0 Å². The van der Waals surface area contributed by atoms with E-state index in [9.17, 15) is 23.1 Å². The molecule has 0 unspecified atom stereocenters. The first-order valence-corrected chi connectivity index (χ1v) is 12.7. The zero-order valence-corrected chi connectivity index (χ0v) is 20.3. The Hall–Kier alpha value is -2.86. The average molecular weight is 540 g/mol. The van der Waals surface area contributed by atoms with Crippen LogP contribution in [-0.4, -0.2) is 40.0 Å². The number of nitrogens with zero attached hydrogens (tertiary/aromatic N) is 1. The fourth-order valence-corrected chi connectivity index (χ4v) is 5.10. The number of carbonyl (C=O) groups excluding carboxylic acids is 2. The normalized spacial score (nSPS) is 15.9. The lowest BCUT2D eigenvalue weighted by atomic mass is 10.1. The third-order valence-electron chi connectivity index (χ3n) is 5.08. The van der Waals surface area contributed by atoms with Gasteiger partial charge < -0.3 is 15.4 Å². The van der Waals surface area contributed by atoms with Crippen molar-refractivity contribution in [3.8, 4) is 0 Å². The molecule has 3 aromatic rings. The Bertz CT molecular complexity index is 1290. The van der Waals surface area contributed by atoms with E-state index in [2.05, 4.69) is 10.6 Å². The van der Waals surface area contributed by atoms with E-state index in [1.165, 1.54) is 46.8 Å². The van der Waals surface area contributed by atoms with Crippen molar-refractivity contribution in [2.75, 3.05) is 34.0 Å². The lowest BCUT2D eigenvalue weighted by Gasteiger charge is -2.46. The summed E-state index contributed by atoms with van der Waals surface area (Å²) in [6.45, 7) is 0.587. The lowest BCUT2D eigenvalue weighted by molar-refractivity contribution is 0.101. The maximum atomic E-state index is 13.4. The van der Waals surface area contributed by atoms with Gasteiger partial charge in [-0.05, 0) is 54.6 Å². The van der Waals surface area contributed by atoms with Crippen LogP contribution >= 0.6 is 34.0 Å². The minimum atomic E-state index is -3.13. The van der Waals surface area contributed by atoms with Crippen molar-refractivity contribution in [2.24, 2.45) is 0 Å². The second-order valence-corrected chi connectivity index (χ2v) is 10.3. The molecule has 8 nitrogen and oxygen atoms in total. The average Bonchev–Trinajstić information content (AvgIpc) is 2.80. The van der Waals surface area contributed by atoms with Gasteiger partial charge in [0.25, 0.3) is 11.8 Å². The van der Waals surface area contributed by atoms with Crippen LogP contribution in [0.5, 0.6) is 0 Å². The summed E-state index contributed by atoms with van der Waals surface area (Å²) in [5, 5.41) is 5.61. The highest BCUT2D eigenvalue weighted by atomic mass is 35.5. The van der Waals surface area contributed by atoms with Gasteiger partial charge in [-0.2, -0.15) is 0 Å². The predicted molar refractivity (Wildman–Crippen MR) is 136 cm³/mol. The monoisotopic (exact) mass is 539 g/mol. The van der Waals surface area contributed by atoms with Crippen LogP contribution in [0, 0.1) is 5.82 Å². The van der Waals surface area contributed by atoms with E-state index < -0.39 is 28.4 Å². The molecule has 0 radical (unpaired) electrons. The van der Waals surface area contributed by atoms with Crippen LogP contribution in [0.1, 0.15) is 20.7 Å². The first kappa shape index (κ1) is 25.2. The molecule has 35 heavy (non-hydrogen) atoms. The van der Waals surface area contributed by atoms with Gasteiger partial charge in [-0.3, -0.25) is 23.0 Å². The highest BCUT2D eigenvalue weighted by Crippen LogP contribution is 2.48. The lowest BCUT2D eigenvalue weighted by Crippen LogP contribution is -2.38. The summed E-state index contributed by atoms with van der Waals surface area (Å²) in [6, 6.07) is 14.2. The summed E-state index contributed by atoms with van der Waals surface area (Å²) in [7, 11) is -3.13. The summed E-state index contributed by atoms with van der Waals surface area (Å²) in [4.78, 5) is 25.3. The van der Waals surface area contributed by atoms with Crippen LogP contribution < -0.4 is 14.9 Å². The first-order valence-electron chi connectivity index (χ1n) is 10.2. The second kappa shape index (κ2) is 10.4. The maximum absolute atomic E-state index is 13.4. The SMILES string of the molecule is O=C(Nc1cc(NC(=O)c2ccc(N3CCOCS3(O)O)cc2Cl)ccc1Cl)c1cccc(F)c1. The van der Waals surface area contributed by atoms with Crippen molar-refractivity contribution in [3.05, 3.63) is 87.7 Å². The second-order valence-electron chi connectivity index (χ2n) is 7.54. The first-order chi connectivity index (χ1) is 16.6. The molecule has 0 bridgehead atoms. The number of benzene rings is 3. The molecule has 184 valence electrons. The summed E-state index contributed by atoms with van der Waals surface area (Å²) >= 11 is 12.5. The molecule has 2 amide bonds. The van der Waals surface area contributed by atoms with Crippen LogP contribution in [0.4, 0.5) is 21.5 Å². The molecule has 4 rings (SSSR count). The van der Waals surface area contributed by atoms with Crippen LogP contribution in [0.3, 0.4) is 0 Å². The van der Waals surface area contributed by atoms with Crippen molar-refractivity contribution in [2.45, 2.75) is 0 Å². The minimum absolute atomic E-state index is 0.107. The summed E-state index contributed by atoms with van der Waals surface area (Å²) in [5.41, 5.74) is 1.26. The number of hydrogen-bond donors (Lipinski definition) is 4. The van der Waals surface area contributed by atoms with Crippen molar-refractivity contribution >= 4 is 62.9 Å². The van der Waals surface area contributed by atoms with Crippen LogP contribution in [0.25, 0.3) is 0 Å². The zero-order valence-electron chi connectivity index (χ0n) is 18.0. The van der Waals surface area contributed by atoms with Gasteiger partial charge >= 0.3 is 0 Å². The van der Waals surface area contributed by atoms with E-state index in [4.69, 9.17) is 27.9 Å². The Labute approximate surface area is 212 Å². The van der Waals surface area contributed by atoms with E-state index in [0.717, 1.165) is 6.07 Å². The highest BCUT2D eigenvalue weighted by Gasteiger charge is 2.28. The molecular weight excluding hydrogens is 520 g/mol. The molecule has 0 saturated carbocycles. The zero-order chi connectivity index (χ0) is 25.2. The van der Waals surface area contributed by atoms with E-state index in [1.54, 1.807) is 12.1 Å². The Morgan fingerprint density at radius 1 is 0.971 bits per heavy atom. The smallest absolute Gasteiger partial charge is 0.257 e. The standard InChI is InChI=1S/C23H20Cl2FN3O5S/c24-19-7-4-16(11-21(19)28-22(30)14-2-1-3-15(26)10-14)27-23(31)18-6-5-17(12-20(18)25)29-8-9-34-13-35(29,32)33/h1-7,10-12,32-33H,8-9,13H2,(H,27,31)(H,28,30). The predicted octanol–water partition coefficient (Wildman–Crippen LogP) is 6.10. The molecule has 12 heteroatoms. The maximum Gasteiger partial charge on any atom is 0.257 e. The molecule has 3 aromatic carbocycles. The van der Waals surface area contributed by atoms with Crippen molar-refractivity contribution in [3.63, 3.8) is 0 Å². The van der Waals surface area contributed by atoms with Gasteiger partial charge in [-0.1, -0.05) is 40.0 Å². The Balaban J connectivity index is 1.49. The topological polar surface area (TPSA) is 111 Å². The molecule has 1 heterocycles. The third-order valence-corrected chi connectivity index (χ3v) is 7.30. The number of halogens is 3. The molecule has 0 spiro atoms. The van der Waals surface area contributed by atoms with Gasteiger partial charge in [0.15, 0.2) is 5.94 Å². The molecule has 0 aliphatic carbocycles. The number of anilines is 3. The van der Waals surface area contributed by atoms with Crippen molar-refractivity contribution in [1.82, 2.24) is 0 Å². The molecule has 0 aromatic heterocycles. The van der Waals surface area contributed by atoms with Gasteiger partial charge in [0.05, 0.1) is 40.1 Å². The number of ether oxygens (including phenoxy) is 1. The van der Waals surface area contributed by atoms with E-state index in [-0.39, 0.29) is 39.3 Å². The number of carbonyl (C=O) groups is 2. The van der Waals surface area contributed by atoms with Gasteiger partial charge in [0, 0.05) is 11.3 Å². The van der Waals surface area contributed by atoms with Gasteiger partial charge in [-0.25, -0.2) is 4.39 Å². The van der Waals surface area contributed by atoms with E-state index in [1.807, 2.05) is 0 Å². The summed E-state index contributed by atoms with van der Waals surface area (Å²) < 4.78 is 40.3. The Kier molecular flexibility index (Phi) is 7.50. The molecule has 4 N–H and O–H groups in total. The van der Waals surface area contributed by atoms with Crippen LogP contribution in [0.15, 0.2) is 60.7 Å². The Morgan fingerprint density at radius 2 is 1.77 bits per heavy atom. The minimum Gasteiger partial charge on any atom is -0.357 e. The van der Waals surface area contributed by atoms with Crippen molar-refractivity contribution < 1.29 is 27.8 Å². The molecule has 0 atom stereocenters. The van der Waals surface area contributed by atoms with Crippen molar-refractivity contribution in [1.29, 1.82) is 0 Å². The fraction of sp³-hybridized carbons (Fsp3) is 0.130. The van der Waals surface area contributed by atoms with E-state index >= 15 is 0 Å². The van der Waals surface area contributed by atoms with Gasteiger partial charge in [-0.15, -0.1) is 0 Å². The van der Waals surface area contributed by atoms with Gasteiger partial charge in [0.1, 0.15) is 5.82 Å². The highest BCUT2D eigenvalue weighted by molar-refractivity contribution is 8.25. The quantitative estimate of drug-likeness (QED) is 0.312. The summed E-state index contributed by atoms with van der Waals surface area (Å²) in [6.07, 6.45) is 0. The number of amides is 2. The molecular formula is C23H20Cl2FN3O5S. The van der Waals surface area contributed by atoms with Crippen LogP contribution in [-0.2, 0) is 4.74 Å². The molecule has 1 aliphatic heterocycles. The summed E-state index contributed by atoms with van der Waals surface area (Å²) in [5.74, 6) is -1.85. The Morgan fingerprint density at radius 3 is 2.49 bits per heavy atom. The number of rotatable bonds is 5. The molecule has 1 aliphatic rings. The largest absolute Gasteiger partial charge is 0.357 e. The van der Waals surface area contributed by atoms with Crippen LogP contribution in [0.2, 0.25) is 10.0 Å². The molecule has 1 saturated heterocycles. The number of hydrogen-bond acceptors (Lipinski definition) is 6. The molecule has 1 fully saturated rings. The number of nitrogens with one attached hydrogen (secondary N) is 2.